The molecule has 1 fully saturated rings. The molecule has 168 valence electrons. The molecule has 4 N–H and O–H groups in total. The number of hydrogen-bond donors (Lipinski definition) is 4. The van der Waals surface area contributed by atoms with E-state index in [2.05, 4.69) is 6.92 Å². The van der Waals surface area contributed by atoms with Gasteiger partial charge in [-0.25, -0.2) is 8.42 Å². The molecule has 7 nitrogen and oxygen atoms in total. The van der Waals surface area contributed by atoms with Crippen molar-refractivity contribution in [1.82, 2.24) is 4.72 Å². The molecule has 1 saturated carbocycles. The Morgan fingerprint density at radius 2 is 1.90 bits per heavy atom. The molecule has 1 aliphatic rings. The van der Waals surface area contributed by atoms with E-state index in [1.165, 1.54) is 0 Å². The van der Waals surface area contributed by atoms with E-state index in [1.54, 1.807) is 6.08 Å². The van der Waals surface area contributed by atoms with Crippen molar-refractivity contribution in [3.8, 4) is 0 Å². The Labute approximate surface area is 175 Å². The number of rotatable bonds is 13. The van der Waals surface area contributed by atoms with Crippen LogP contribution in [-0.2, 0) is 14.8 Å². The van der Waals surface area contributed by atoms with Crippen LogP contribution in [0, 0.1) is 11.8 Å². The third-order valence-electron chi connectivity index (χ3n) is 5.22. The Morgan fingerprint density at radius 3 is 2.55 bits per heavy atom. The van der Waals surface area contributed by atoms with Crippen molar-refractivity contribution >= 4 is 15.9 Å². The van der Waals surface area contributed by atoms with E-state index < -0.39 is 34.2 Å². The van der Waals surface area contributed by atoms with Crippen LogP contribution in [0.1, 0.15) is 64.7 Å². The number of nitrogens with one attached hydrogen (secondary N) is 1. The molecule has 0 spiro atoms. The van der Waals surface area contributed by atoms with Crippen LogP contribution < -0.4 is 4.72 Å². The summed E-state index contributed by atoms with van der Waals surface area (Å²) in [5.74, 6) is -0.831. The van der Waals surface area contributed by atoms with Crippen LogP contribution in [0.5, 0.6) is 0 Å². The molecule has 0 radical (unpaired) electrons. The van der Waals surface area contributed by atoms with E-state index in [0.717, 1.165) is 25.5 Å². The Bertz CT molecular complexity index is 646. The van der Waals surface area contributed by atoms with Gasteiger partial charge in [-0.05, 0) is 31.6 Å². The molecule has 0 aromatic heterocycles. The third-order valence-corrected chi connectivity index (χ3v) is 5.82. The van der Waals surface area contributed by atoms with Crippen LogP contribution in [0.2, 0.25) is 0 Å². The van der Waals surface area contributed by atoms with Gasteiger partial charge in [0.05, 0.1) is 24.6 Å². The molecule has 0 aromatic carbocycles. The van der Waals surface area contributed by atoms with Crippen LogP contribution in [0.3, 0.4) is 0 Å². The number of amides is 1. The maximum Gasteiger partial charge on any atom is 0.233 e. The van der Waals surface area contributed by atoms with E-state index in [-0.39, 0.29) is 18.3 Å². The number of allylic oxidation sites excluding steroid dienone is 2. The second-order valence-corrected chi connectivity index (χ2v) is 9.70. The smallest absolute Gasteiger partial charge is 0.233 e. The van der Waals surface area contributed by atoms with Gasteiger partial charge < -0.3 is 15.3 Å². The highest BCUT2D eigenvalue weighted by molar-refractivity contribution is 7.89. The van der Waals surface area contributed by atoms with Crippen LogP contribution in [-0.4, -0.2) is 54.2 Å². The first-order valence-corrected chi connectivity index (χ1v) is 12.4. The highest BCUT2D eigenvalue weighted by Gasteiger charge is 2.39. The summed E-state index contributed by atoms with van der Waals surface area (Å²) < 4.78 is 23.9. The van der Waals surface area contributed by atoms with E-state index in [4.69, 9.17) is 0 Å². The number of carbonyl (C=O) groups excluding carboxylic acids is 1. The number of aliphatic hydroxyl groups excluding tert-OH is 3. The number of carbonyl (C=O) groups is 1. The molecule has 8 heteroatoms. The van der Waals surface area contributed by atoms with Gasteiger partial charge in [-0.1, -0.05) is 50.5 Å². The number of sulfonamides is 1. The lowest BCUT2D eigenvalue weighted by Crippen LogP contribution is -2.28. The normalized spacial score (nSPS) is 26.4. The third kappa shape index (κ3) is 10.9. The predicted molar refractivity (Wildman–Crippen MR) is 113 cm³/mol. The zero-order valence-corrected chi connectivity index (χ0v) is 18.4. The maximum absolute atomic E-state index is 11.4. The summed E-state index contributed by atoms with van der Waals surface area (Å²) in [6.07, 6.45) is 12.7. The lowest BCUT2D eigenvalue weighted by molar-refractivity contribution is -0.119. The zero-order valence-electron chi connectivity index (χ0n) is 17.5. The first kappa shape index (κ1) is 25.8. The van der Waals surface area contributed by atoms with Crippen molar-refractivity contribution in [2.45, 2.75) is 83.0 Å². The van der Waals surface area contributed by atoms with Crippen LogP contribution in [0.4, 0.5) is 0 Å². The van der Waals surface area contributed by atoms with Gasteiger partial charge in [0.25, 0.3) is 0 Å². The van der Waals surface area contributed by atoms with Gasteiger partial charge >= 0.3 is 0 Å². The van der Waals surface area contributed by atoms with Gasteiger partial charge in [0.15, 0.2) is 0 Å². The maximum atomic E-state index is 11.4. The minimum atomic E-state index is -3.51. The summed E-state index contributed by atoms with van der Waals surface area (Å²) >= 11 is 0. The zero-order chi connectivity index (χ0) is 21.9. The van der Waals surface area contributed by atoms with Crippen LogP contribution in [0.15, 0.2) is 24.3 Å². The Hall–Kier alpha value is -1.22. The summed E-state index contributed by atoms with van der Waals surface area (Å²) in [7, 11) is -3.51. The second kappa shape index (κ2) is 13.2. The highest BCUT2D eigenvalue weighted by Crippen LogP contribution is 2.36. The van der Waals surface area contributed by atoms with Crippen molar-refractivity contribution < 1.29 is 28.5 Å². The summed E-state index contributed by atoms with van der Waals surface area (Å²) in [6.45, 7) is 2.11. The van der Waals surface area contributed by atoms with Crippen molar-refractivity contribution in [3.63, 3.8) is 0 Å². The lowest BCUT2D eigenvalue weighted by Gasteiger charge is -2.19. The van der Waals surface area contributed by atoms with E-state index in [0.29, 0.717) is 32.1 Å². The standard InChI is InChI=1S/C21H37NO6S/c1-3-4-7-10-16(23)13-14-18-17(19(24)15-20(18)25)11-8-5-6-9-12-21(26)22-29(2,27)28/h5,8,13-14,16-20,23-25H,3-4,6-7,9-12,15H2,1-2H3,(H,22,26)/b8-5-,14-13+/t16-,17-,18+,19-,20+/m0/s1. The van der Waals surface area contributed by atoms with Gasteiger partial charge in [0, 0.05) is 18.8 Å². The second-order valence-electron chi connectivity index (χ2n) is 7.96. The molecule has 0 bridgehead atoms. The minimum absolute atomic E-state index is 0.117. The molecule has 0 saturated heterocycles. The van der Waals surface area contributed by atoms with Gasteiger partial charge in [-0.3, -0.25) is 9.52 Å². The van der Waals surface area contributed by atoms with Gasteiger partial charge in [0.1, 0.15) is 0 Å². The summed E-state index contributed by atoms with van der Waals surface area (Å²) in [6, 6.07) is 0. The lowest BCUT2D eigenvalue weighted by atomic mass is 9.89. The topological polar surface area (TPSA) is 124 Å². The summed E-state index contributed by atoms with van der Waals surface area (Å²) in [5, 5.41) is 30.5. The Balaban J connectivity index is 2.43. The van der Waals surface area contributed by atoms with Crippen molar-refractivity contribution in [2.24, 2.45) is 11.8 Å². The van der Waals surface area contributed by atoms with Gasteiger partial charge in [-0.15, -0.1) is 0 Å². The van der Waals surface area contributed by atoms with Gasteiger partial charge in [0.2, 0.25) is 15.9 Å². The van der Waals surface area contributed by atoms with Crippen molar-refractivity contribution in [2.75, 3.05) is 6.26 Å². The largest absolute Gasteiger partial charge is 0.393 e. The van der Waals surface area contributed by atoms with Gasteiger partial charge in [-0.2, -0.15) is 0 Å². The fourth-order valence-corrected chi connectivity index (χ4v) is 4.19. The average Bonchev–Trinajstić information content (AvgIpc) is 2.87. The van der Waals surface area contributed by atoms with Crippen LogP contribution in [0.25, 0.3) is 0 Å². The summed E-state index contributed by atoms with van der Waals surface area (Å²) in [4.78, 5) is 11.4. The van der Waals surface area contributed by atoms with E-state index in [9.17, 15) is 28.5 Å². The molecule has 0 unspecified atom stereocenters. The number of hydrogen-bond acceptors (Lipinski definition) is 6. The molecule has 0 aliphatic heterocycles. The molecule has 1 aliphatic carbocycles. The Kier molecular flexibility index (Phi) is 11.7. The molecular weight excluding hydrogens is 394 g/mol. The highest BCUT2D eigenvalue weighted by atomic mass is 32.2. The molecule has 1 rings (SSSR count). The fourth-order valence-electron chi connectivity index (χ4n) is 3.67. The van der Waals surface area contributed by atoms with E-state index in [1.807, 2.05) is 23.0 Å². The molecule has 29 heavy (non-hydrogen) atoms. The molecular formula is C21H37NO6S. The van der Waals surface area contributed by atoms with Crippen molar-refractivity contribution in [3.05, 3.63) is 24.3 Å². The molecule has 5 atom stereocenters. The number of aliphatic hydroxyl groups is 3. The molecule has 1 amide bonds. The molecule has 0 heterocycles. The fraction of sp³-hybridized carbons (Fsp3) is 0.762. The summed E-state index contributed by atoms with van der Waals surface area (Å²) in [5.41, 5.74) is 0. The van der Waals surface area contributed by atoms with Crippen molar-refractivity contribution in [1.29, 1.82) is 0 Å². The Morgan fingerprint density at radius 1 is 1.17 bits per heavy atom. The number of unbranched alkanes of at least 4 members (excludes halogenated alkanes) is 3. The minimum Gasteiger partial charge on any atom is -0.393 e. The SMILES string of the molecule is CCCCC[C@H](O)/C=C/[C@@H]1[C@H](C/C=C\CCCC(=O)NS(C)(=O)=O)[C@@H](O)C[C@H]1O. The monoisotopic (exact) mass is 431 g/mol. The quantitative estimate of drug-likeness (QED) is 0.261. The van der Waals surface area contributed by atoms with E-state index >= 15 is 0 Å². The average molecular weight is 432 g/mol. The predicted octanol–water partition coefficient (Wildman–Crippen LogP) is 2.03. The first-order chi connectivity index (χ1) is 13.6. The molecule has 0 aromatic rings. The van der Waals surface area contributed by atoms with Crippen LogP contribution >= 0.6 is 0 Å². The first-order valence-electron chi connectivity index (χ1n) is 10.5.